The Morgan fingerprint density at radius 1 is 1.33 bits per heavy atom. The number of anilines is 1. The molecule has 0 unspecified atom stereocenters. The molecule has 0 radical (unpaired) electrons. The number of benzene rings is 1. The Labute approximate surface area is 127 Å². The van der Waals surface area contributed by atoms with Gasteiger partial charge in [0.15, 0.2) is 0 Å². The molecule has 1 heterocycles. The van der Waals surface area contributed by atoms with Gasteiger partial charge in [-0.2, -0.15) is 0 Å². The molecular formula is C15H24N2O3S. The Morgan fingerprint density at radius 3 is 2.52 bits per heavy atom. The van der Waals surface area contributed by atoms with Crippen molar-refractivity contribution >= 4 is 15.7 Å². The lowest BCUT2D eigenvalue weighted by Crippen LogP contribution is -2.40. The molecule has 0 spiro atoms. The number of nitrogens with one attached hydrogen (secondary N) is 1. The molecule has 0 aliphatic carbocycles. The third kappa shape index (κ3) is 4.43. The average Bonchev–Trinajstić information content (AvgIpc) is 2.93. The van der Waals surface area contributed by atoms with E-state index in [9.17, 15) is 8.42 Å². The quantitative estimate of drug-likeness (QED) is 0.862. The zero-order valence-corrected chi connectivity index (χ0v) is 13.7. The lowest BCUT2D eigenvalue weighted by molar-refractivity contribution is 0.198. The molecule has 1 fully saturated rings. The van der Waals surface area contributed by atoms with Crippen molar-refractivity contribution in [2.75, 3.05) is 32.2 Å². The van der Waals surface area contributed by atoms with Crippen LogP contribution in [0.4, 0.5) is 5.69 Å². The average molecular weight is 312 g/mol. The minimum Gasteiger partial charge on any atom is -0.380 e. The standard InChI is InChI=1S/C15H24N2O3S/c1-12(16-21(18,19)15-8-9-20-11-15)10-13-4-6-14(7-5-13)17(2)3/h4-7,12,15-16H,8-11H2,1-3H3/t12-,15-/m0/s1. The van der Waals surface area contributed by atoms with Gasteiger partial charge in [0.05, 0.1) is 6.61 Å². The summed E-state index contributed by atoms with van der Waals surface area (Å²) in [6.45, 7) is 2.73. The highest BCUT2D eigenvalue weighted by molar-refractivity contribution is 7.90. The van der Waals surface area contributed by atoms with Crippen LogP contribution in [-0.4, -0.2) is 47.0 Å². The maximum absolute atomic E-state index is 12.2. The maximum Gasteiger partial charge on any atom is 0.217 e. The number of hydrogen-bond acceptors (Lipinski definition) is 4. The smallest absolute Gasteiger partial charge is 0.217 e. The van der Waals surface area contributed by atoms with Crippen LogP contribution in [0.2, 0.25) is 0 Å². The van der Waals surface area contributed by atoms with E-state index in [0.29, 0.717) is 26.1 Å². The summed E-state index contributed by atoms with van der Waals surface area (Å²) < 4.78 is 32.3. The van der Waals surface area contributed by atoms with Crippen molar-refractivity contribution < 1.29 is 13.2 Å². The van der Waals surface area contributed by atoms with Gasteiger partial charge in [0.2, 0.25) is 10.0 Å². The molecule has 1 N–H and O–H groups in total. The highest BCUT2D eigenvalue weighted by Crippen LogP contribution is 2.16. The van der Waals surface area contributed by atoms with Crippen LogP contribution < -0.4 is 9.62 Å². The molecular weight excluding hydrogens is 288 g/mol. The summed E-state index contributed by atoms with van der Waals surface area (Å²) in [4.78, 5) is 2.04. The summed E-state index contributed by atoms with van der Waals surface area (Å²) in [5.74, 6) is 0. The zero-order valence-electron chi connectivity index (χ0n) is 12.9. The molecule has 21 heavy (non-hydrogen) atoms. The van der Waals surface area contributed by atoms with E-state index in [-0.39, 0.29) is 6.04 Å². The molecule has 1 aliphatic rings. The first-order valence-corrected chi connectivity index (χ1v) is 8.78. The summed E-state index contributed by atoms with van der Waals surface area (Å²) in [6.07, 6.45) is 1.26. The van der Waals surface area contributed by atoms with Crippen LogP contribution in [0.25, 0.3) is 0 Å². The van der Waals surface area contributed by atoms with Crippen LogP contribution in [0.5, 0.6) is 0 Å². The van der Waals surface area contributed by atoms with E-state index in [1.54, 1.807) is 0 Å². The van der Waals surface area contributed by atoms with Crippen molar-refractivity contribution in [1.82, 2.24) is 4.72 Å². The van der Waals surface area contributed by atoms with Crippen molar-refractivity contribution in [2.45, 2.75) is 31.1 Å². The third-order valence-electron chi connectivity index (χ3n) is 3.69. The molecule has 6 heteroatoms. The zero-order chi connectivity index (χ0) is 15.5. The molecule has 2 atom stereocenters. The Morgan fingerprint density at radius 2 is 2.00 bits per heavy atom. The SMILES string of the molecule is C[C@@H](Cc1ccc(N(C)C)cc1)NS(=O)(=O)[C@H]1CCOC1. The molecule has 5 nitrogen and oxygen atoms in total. The molecule has 0 bridgehead atoms. The second kappa shape index (κ2) is 6.77. The first-order valence-electron chi connectivity index (χ1n) is 7.23. The van der Waals surface area contributed by atoms with Gasteiger partial charge >= 0.3 is 0 Å². The number of ether oxygens (including phenoxy) is 1. The summed E-state index contributed by atoms with van der Waals surface area (Å²) in [6, 6.07) is 8.04. The largest absolute Gasteiger partial charge is 0.380 e. The predicted octanol–water partition coefficient (Wildman–Crippen LogP) is 1.39. The summed E-state index contributed by atoms with van der Waals surface area (Å²) in [7, 11) is 0.707. The number of rotatable bonds is 6. The van der Waals surface area contributed by atoms with Gasteiger partial charge in [-0.05, 0) is 37.5 Å². The Bertz CT molecular complexity index is 549. The van der Waals surface area contributed by atoms with Gasteiger partial charge in [-0.3, -0.25) is 0 Å². The van der Waals surface area contributed by atoms with Gasteiger partial charge in [-0.15, -0.1) is 0 Å². The van der Waals surface area contributed by atoms with Crippen LogP contribution in [0.15, 0.2) is 24.3 Å². The van der Waals surface area contributed by atoms with Gasteiger partial charge in [0.1, 0.15) is 5.25 Å². The minimum absolute atomic E-state index is 0.124. The molecule has 1 saturated heterocycles. The fraction of sp³-hybridized carbons (Fsp3) is 0.600. The van der Waals surface area contributed by atoms with E-state index < -0.39 is 15.3 Å². The molecule has 118 valence electrons. The highest BCUT2D eigenvalue weighted by atomic mass is 32.2. The van der Waals surface area contributed by atoms with Gasteiger partial charge < -0.3 is 9.64 Å². The van der Waals surface area contributed by atoms with E-state index in [2.05, 4.69) is 4.72 Å². The lowest BCUT2D eigenvalue weighted by atomic mass is 10.1. The Balaban J connectivity index is 1.93. The van der Waals surface area contributed by atoms with Crippen LogP contribution in [0.1, 0.15) is 18.9 Å². The lowest BCUT2D eigenvalue weighted by Gasteiger charge is -2.18. The van der Waals surface area contributed by atoms with Crippen LogP contribution in [0, 0.1) is 0 Å². The maximum atomic E-state index is 12.2. The second-order valence-electron chi connectivity index (χ2n) is 5.81. The summed E-state index contributed by atoms with van der Waals surface area (Å²) >= 11 is 0. The molecule has 1 aromatic rings. The number of hydrogen-bond donors (Lipinski definition) is 1. The minimum atomic E-state index is -3.28. The van der Waals surface area contributed by atoms with E-state index in [1.165, 1.54) is 0 Å². The molecule has 1 aromatic carbocycles. The molecule has 1 aliphatic heterocycles. The third-order valence-corrected chi connectivity index (χ3v) is 5.67. The van der Waals surface area contributed by atoms with Crippen molar-refractivity contribution in [2.24, 2.45) is 0 Å². The van der Waals surface area contributed by atoms with Gasteiger partial charge in [-0.1, -0.05) is 12.1 Å². The molecule has 0 aromatic heterocycles. The Hall–Kier alpha value is -1.11. The van der Waals surface area contributed by atoms with Gasteiger partial charge in [0.25, 0.3) is 0 Å². The fourth-order valence-electron chi connectivity index (χ4n) is 2.46. The Kier molecular flexibility index (Phi) is 5.24. The van der Waals surface area contributed by atoms with Crippen LogP contribution >= 0.6 is 0 Å². The second-order valence-corrected chi connectivity index (χ2v) is 7.81. The normalized spacial score (nSPS) is 20.4. The van der Waals surface area contributed by atoms with Crippen LogP contribution in [-0.2, 0) is 21.2 Å². The van der Waals surface area contributed by atoms with Gasteiger partial charge in [-0.25, -0.2) is 13.1 Å². The van der Waals surface area contributed by atoms with Crippen molar-refractivity contribution in [3.8, 4) is 0 Å². The van der Waals surface area contributed by atoms with E-state index in [1.807, 2.05) is 50.2 Å². The van der Waals surface area contributed by atoms with Crippen molar-refractivity contribution in [1.29, 1.82) is 0 Å². The summed E-state index contributed by atoms with van der Waals surface area (Å²) in [5, 5.41) is -0.406. The topological polar surface area (TPSA) is 58.6 Å². The van der Waals surface area contributed by atoms with Crippen molar-refractivity contribution in [3.05, 3.63) is 29.8 Å². The van der Waals surface area contributed by atoms with E-state index >= 15 is 0 Å². The first kappa shape index (κ1) is 16.3. The van der Waals surface area contributed by atoms with Gasteiger partial charge in [0, 0.05) is 32.4 Å². The van der Waals surface area contributed by atoms with Crippen LogP contribution in [0.3, 0.4) is 0 Å². The van der Waals surface area contributed by atoms with Crippen molar-refractivity contribution in [3.63, 3.8) is 0 Å². The van der Waals surface area contributed by atoms with E-state index in [0.717, 1.165) is 11.3 Å². The predicted molar refractivity (Wildman–Crippen MR) is 85.2 cm³/mol. The number of sulfonamides is 1. The number of nitrogens with zero attached hydrogens (tertiary/aromatic N) is 1. The molecule has 2 rings (SSSR count). The fourth-order valence-corrected chi connectivity index (χ4v) is 3.98. The molecule has 0 amide bonds. The highest BCUT2D eigenvalue weighted by Gasteiger charge is 2.30. The first-order chi connectivity index (χ1) is 9.88. The molecule has 0 saturated carbocycles. The van der Waals surface area contributed by atoms with E-state index in [4.69, 9.17) is 4.74 Å². The summed E-state index contributed by atoms with van der Waals surface area (Å²) in [5.41, 5.74) is 2.26. The monoisotopic (exact) mass is 312 g/mol.